The van der Waals surface area contributed by atoms with Crippen molar-refractivity contribution in [3.05, 3.63) is 65.7 Å². The number of aliphatic hydroxyl groups excluding tert-OH is 1. The van der Waals surface area contributed by atoms with E-state index in [2.05, 4.69) is 31.1 Å². The van der Waals surface area contributed by atoms with Gasteiger partial charge in [-0.3, -0.25) is 4.99 Å². The van der Waals surface area contributed by atoms with E-state index in [1.165, 1.54) is 5.56 Å². The molecule has 0 bridgehead atoms. The van der Waals surface area contributed by atoms with Gasteiger partial charge in [0.15, 0.2) is 5.96 Å². The molecular formula is C19H25N3O. The highest BCUT2D eigenvalue weighted by molar-refractivity contribution is 5.92. The van der Waals surface area contributed by atoms with Crippen LogP contribution >= 0.6 is 0 Å². The maximum atomic E-state index is 10.2. The number of rotatable bonds is 4. The lowest BCUT2D eigenvalue weighted by Crippen LogP contribution is -2.23. The Morgan fingerprint density at radius 2 is 1.70 bits per heavy atom. The normalized spacial score (nSPS) is 13.7. The van der Waals surface area contributed by atoms with Gasteiger partial charge in [0.05, 0.1) is 12.6 Å². The topological polar surface area (TPSA) is 70.6 Å². The molecule has 2 aromatic carbocycles. The van der Waals surface area contributed by atoms with Gasteiger partial charge in [-0.05, 0) is 28.7 Å². The first kappa shape index (κ1) is 17.0. The van der Waals surface area contributed by atoms with Gasteiger partial charge in [0, 0.05) is 5.69 Å². The van der Waals surface area contributed by atoms with Crippen LogP contribution in [-0.2, 0) is 5.41 Å². The van der Waals surface area contributed by atoms with Gasteiger partial charge in [0.25, 0.3) is 0 Å². The number of para-hydroxylation sites is 1. The molecule has 0 aliphatic heterocycles. The van der Waals surface area contributed by atoms with Crippen LogP contribution in [0.1, 0.15) is 38.0 Å². The Morgan fingerprint density at radius 1 is 1.09 bits per heavy atom. The minimum absolute atomic E-state index is 0.103. The van der Waals surface area contributed by atoms with E-state index in [-0.39, 0.29) is 12.0 Å². The molecule has 122 valence electrons. The third kappa shape index (κ3) is 5.11. The maximum Gasteiger partial charge on any atom is 0.193 e. The highest BCUT2D eigenvalue weighted by atomic mass is 16.3. The molecule has 0 spiro atoms. The smallest absolute Gasteiger partial charge is 0.193 e. The van der Waals surface area contributed by atoms with Crippen molar-refractivity contribution in [1.29, 1.82) is 0 Å². The van der Waals surface area contributed by atoms with E-state index >= 15 is 0 Å². The second kappa shape index (κ2) is 7.29. The molecule has 0 radical (unpaired) electrons. The minimum atomic E-state index is -0.667. The fourth-order valence-corrected chi connectivity index (χ4v) is 2.20. The van der Waals surface area contributed by atoms with Crippen LogP contribution in [0.15, 0.2) is 59.6 Å². The van der Waals surface area contributed by atoms with Crippen LogP contribution in [0.25, 0.3) is 0 Å². The second-order valence-corrected chi connectivity index (χ2v) is 6.60. The third-order valence-electron chi connectivity index (χ3n) is 3.64. The maximum absolute atomic E-state index is 10.2. The molecule has 4 N–H and O–H groups in total. The second-order valence-electron chi connectivity index (χ2n) is 6.60. The Hall–Kier alpha value is -2.33. The van der Waals surface area contributed by atoms with Gasteiger partial charge in [-0.2, -0.15) is 0 Å². The van der Waals surface area contributed by atoms with Crippen molar-refractivity contribution in [3.63, 3.8) is 0 Å². The summed E-state index contributed by atoms with van der Waals surface area (Å²) in [5.74, 6) is 0.293. The number of guanidine groups is 1. The number of nitrogens with zero attached hydrogens (tertiary/aromatic N) is 1. The van der Waals surface area contributed by atoms with E-state index < -0.39 is 6.10 Å². The van der Waals surface area contributed by atoms with Crippen molar-refractivity contribution in [1.82, 2.24) is 0 Å². The van der Waals surface area contributed by atoms with Gasteiger partial charge in [0.2, 0.25) is 0 Å². The molecule has 0 aliphatic rings. The average Bonchev–Trinajstić information content (AvgIpc) is 2.53. The Balaban J connectivity index is 1.96. The first-order valence-corrected chi connectivity index (χ1v) is 7.77. The van der Waals surface area contributed by atoms with Crippen molar-refractivity contribution in [3.8, 4) is 0 Å². The fraction of sp³-hybridized carbons (Fsp3) is 0.316. The summed E-state index contributed by atoms with van der Waals surface area (Å²) in [7, 11) is 0. The lowest BCUT2D eigenvalue weighted by atomic mass is 9.86. The zero-order chi connectivity index (χ0) is 16.9. The zero-order valence-electron chi connectivity index (χ0n) is 14.0. The van der Waals surface area contributed by atoms with E-state index in [0.29, 0.717) is 5.96 Å². The monoisotopic (exact) mass is 311 g/mol. The van der Waals surface area contributed by atoms with E-state index in [1.54, 1.807) is 0 Å². The van der Waals surface area contributed by atoms with Crippen LogP contribution in [0, 0.1) is 0 Å². The minimum Gasteiger partial charge on any atom is -0.386 e. The Labute approximate surface area is 138 Å². The first-order valence-electron chi connectivity index (χ1n) is 7.77. The Bertz CT molecular complexity index is 643. The Morgan fingerprint density at radius 3 is 2.26 bits per heavy atom. The van der Waals surface area contributed by atoms with Crippen LogP contribution in [0.2, 0.25) is 0 Å². The average molecular weight is 311 g/mol. The summed E-state index contributed by atoms with van der Waals surface area (Å²) in [5, 5.41) is 13.2. The zero-order valence-corrected chi connectivity index (χ0v) is 14.0. The molecule has 0 amide bonds. The first-order chi connectivity index (χ1) is 10.9. The molecule has 2 rings (SSSR count). The number of aliphatic imine (C=N–C) groups is 1. The van der Waals surface area contributed by atoms with Crippen LogP contribution in [0.5, 0.6) is 0 Å². The van der Waals surface area contributed by atoms with Crippen molar-refractivity contribution < 1.29 is 5.11 Å². The summed E-state index contributed by atoms with van der Waals surface area (Å²) < 4.78 is 0. The summed E-state index contributed by atoms with van der Waals surface area (Å²) in [6.45, 7) is 6.72. The summed E-state index contributed by atoms with van der Waals surface area (Å²) in [4.78, 5) is 4.20. The molecule has 1 unspecified atom stereocenters. The highest BCUT2D eigenvalue weighted by Crippen LogP contribution is 2.24. The SMILES string of the molecule is CC(C)(C)c1ccc(C(O)CN=C(N)Nc2ccccc2)cc1. The fourth-order valence-electron chi connectivity index (χ4n) is 2.20. The Kier molecular flexibility index (Phi) is 5.40. The number of hydrogen-bond donors (Lipinski definition) is 3. The molecule has 0 aromatic heterocycles. The quantitative estimate of drug-likeness (QED) is 0.598. The highest BCUT2D eigenvalue weighted by Gasteiger charge is 2.14. The summed E-state index contributed by atoms with van der Waals surface area (Å²) in [6, 6.07) is 17.6. The number of anilines is 1. The van der Waals surface area contributed by atoms with Crippen molar-refractivity contribution >= 4 is 11.6 Å². The van der Waals surface area contributed by atoms with E-state index in [1.807, 2.05) is 54.6 Å². The van der Waals surface area contributed by atoms with Crippen LogP contribution in [0.3, 0.4) is 0 Å². The summed E-state index contributed by atoms with van der Waals surface area (Å²) >= 11 is 0. The van der Waals surface area contributed by atoms with E-state index in [4.69, 9.17) is 5.73 Å². The molecular weight excluding hydrogens is 286 g/mol. The standard InChI is InChI=1S/C19H25N3O/c1-19(2,3)15-11-9-14(10-12-15)17(23)13-21-18(20)22-16-7-5-4-6-8-16/h4-12,17,23H,13H2,1-3H3,(H3,20,21,22). The lowest BCUT2D eigenvalue weighted by Gasteiger charge is -2.19. The molecule has 0 saturated carbocycles. The molecule has 1 atom stereocenters. The number of aliphatic hydroxyl groups is 1. The van der Waals surface area contributed by atoms with Crippen molar-refractivity contribution in [2.24, 2.45) is 10.7 Å². The van der Waals surface area contributed by atoms with Crippen LogP contribution in [-0.4, -0.2) is 17.6 Å². The van der Waals surface area contributed by atoms with Gasteiger partial charge in [-0.15, -0.1) is 0 Å². The van der Waals surface area contributed by atoms with E-state index in [0.717, 1.165) is 11.3 Å². The molecule has 0 saturated heterocycles. The molecule has 0 heterocycles. The third-order valence-corrected chi connectivity index (χ3v) is 3.64. The van der Waals surface area contributed by atoms with E-state index in [9.17, 15) is 5.11 Å². The number of nitrogens with two attached hydrogens (primary N) is 1. The van der Waals surface area contributed by atoms with Crippen molar-refractivity contribution in [2.75, 3.05) is 11.9 Å². The predicted molar refractivity (Wildman–Crippen MR) is 96.7 cm³/mol. The van der Waals surface area contributed by atoms with Crippen molar-refractivity contribution in [2.45, 2.75) is 32.3 Å². The molecule has 2 aromatic rings. The molecule has 0 fully saturated rings. The van der Waals surface area contributed by atoms with Gasteiger partial charge in [-0.1, -0.05) is 63.2 Å². The lowest BCUT2D eigenvalue weighted by molar-refractivity contribution is 0.187. The molecule has 4 heteroatoms. The molecule has 4 nitrogen and oxygen atoms in total. The molecule has 0 aliphatic carbocycles. The molecule has 23 heavy (non-hydrogen) atoms. The number of nitrogens with one attached hydrogen (secondary N) is 1. The van der Waals surface area contributed by atoms with Crippen LogP contribution < -0.4 is 11.1 Å². The van der Waals surface area contributed by atoms with Gasteiger partial charge in [-0.25, -0.2) is 0 Å². The number of hydrogen-bond acceptors (Lipinski definition) is 2. The van der Waals surface area contributed by atoms with Crippen LogP contribution in [0.4, 0.5) is 5.69 Å². The van der Waals surface area contributed by atoms with Gasteiger partial charge < -0.3 is 16.2 Å². The predicted octanol–water partition coefficient (Wildman–Crippen LogP) is 3.44. The number of benzene rings is 2. The summed E-state index contributed by atoms with van der Waals surface area (Å²) in [5.41, 5.74) is 8.90. The largest absolute Gasteiger partial charge is 0.386 e. The van der Waals surface area contributed by atoms with Gasteiger partial charge in [0.1, 0.15) is 0 Å². The van der Waals surface area contributed by atoms with Gasteiger partial charge >= 0.3 is 0 Å². The summed E-state index contributed by atoms with van der Waals surface area (Å²) in [6.07, 6.45) is -0.667.